The van der Waals surface area contributed by atoms with Crippen LogP contribution in [0.2, 0.25) is 0 Å². The summed E-state index contributed by atoms with van der Waals surface area (Å²) in [6.45, 7) is 0. The standard InChI is InChI=1S/C15H11BrN4O3/c16-13-8-12(9-17-10-13)15(21)19-18-7-1-2-11-3-5-14(6-4-11)20(22)23/h1-10H,(H,19,21)/b2-1+,18-7-. The highest BCUT2D eigenvalue weighted by atomic mass is 79.9. The summed E-state index contributed by atoms with van der Waals surface area (Å²) in [5, 5.41) is 14.3. The second kappa shape index (κ2) is 7.95. The van der Waals surface area contributed by atoms with Crippen molar-refractivity contribution >= 4 is 39.8 Å². The van der Waals surface area contributed by atoms with Gasteiger partial charge in [0.2, 0.25) is 0 Å². The van der Waals surface area contributed by atoms with Crippen LogP contribution in [-0.2, 0) is 0 Å². The average Bonchev–Trinajstić information content (AvgIpc) is 2.54. The van der Waals surface area contributed by atoms with E-state index in [1.165, 1.54) is 24.5 Å². The number of carbonyl (C=O) groups is 1. The number of non-ortho nitro benzene ring substituents is 1. The van der Waals surface area contributed by atoms with Crippen LogP contribution in [0.5, 0.6) is 0 Å². The summed E-state index contributed by atoms with van der Waals surface area (Å²) in [5.74, 6) is -0.376. The Bertz CT molecular complexity index is 773. The Kier molecular flexibility index (Phi) is 5.70. The van der Waals surface area contributed by atoms with Gasteiger partial charge in [-0.25, -0.2) is 5.43 Å². The number of amides is 1. The summed E-state index contributed by atoms with van der Waals surface area (Å²) in [6.07, 6.45) is 7.74. The van der Waals surface area contributed by atoms with Gasteiger partial charge in [-0.15, -0.1) is 0 Å². The number of nitrogens with one attached hydrogen (secondary N) is 1. The minimum absolute atomic E-state index is 0.0331. The highest BCUT2D eigenvalue weighted by Crippen LogP contribution is 2.12. The number of pyridine rings is 1. The number of aromatic nitrogens is 1. The molecule has 0 radical (unpaired) electrons. The van der Waals surface area contributed by atoms with Crippen molar-refractivity contribution in [1.82, 2.24) is 10.4 Å². The fourth-order valence-electron chi connectivity index (χ4n) is 1.60. The van der Waals surface area contributed by atoms with Gasteiger partial charge in [-0.1, -0.05) is 6.08 Å². The van der Waals surface area contributed by atoms with Crippen molar-refractivity contribution in [3.05, 3.63) is 74.5 Å². The molecule has 1 aromatic heterocycles. The zero-order valence-electron chi connectivity index (χ0n) is 11.7. The van der Waals surface area contributed by atoms with Gasteiger partial charge < -0.3 is 0 Å². The molecule has 1 heterocycles. The zero-order valence-corrected chi connectivity index (χ0v) is 13.3. The lowest BCUT2D eigenvalue weighted by molar-refractivity contribution is -0.384. The van der Waals surface area contributed by atoms with Crippen LogP contribution in [0.15, 0.2) is 58.4 Å². The Balaban J connectivity index is 1.88. The molecule has 0 aliphatic carbocycles. The number of carbonyl (C=O) groups excluding carboxylic acids is 1. The predicted molar refractivity (Wildman–Crippen MR) is 90.0 cm³/mol. The van der Waals surface area contributed by atoms with Gasteiger partial charge in [0.05, 0.1) is 10.5 Å². The van der Waals surface area contributed by atoms with Crippen LogP contribution in [0.25, 0.3) is 6.08 Å². The molecule has 0 saturated carbocycles. The van der Waals surface area contributed by atoms with Crippen LogP contribution in [-0.4, -0.2) is 22.0 Å². The Morgan fingerprint density at radius 1 is 1.30 bits per heavy atom. The molecule has 0 atom stereocenters. The van der Waals surface area contributed by atoms with E-state index in [1.807, 2.05) is 0 Å². The molecule has 0 aliphatic rings. The van der Waals surface area contributed by atoms with E-state index in [9.17, 15) is 14.9 Å². The quantitative estimate of drug-likeness (QED) is 0.493. The second-order valence-corrected chi connectivity index (χ2v) is 5.23. The number of halogens is 1. The smallest absolute Gasteiger partial charge is 0.267 e. The van der Waals surface area contributed by atoms with Crippen molar-refractivity contribution in [2.45, 2.75) is 0 Å². The van der Waals surface area contributed by atoms with Crippen molar-refractivity contribution in [1.29, 1.82) is 0 Å². The molecule has 0 spiro atoms. The first kappa shape index (κ1) is 16.5. The third-order valence-corrected chi connectivity index (χ3v) is 3.12. The van der Waals surface area contributed by atoms with Crippen molar-refractivity contribution in [2.24, 2.45) is 5.10 Å². The highest BCUT2D eigenvalue weighted by Gasteiger charge is 2.04. The Labute approximate surface area is 140 Å². The molecule has 8 heteroatoms. The van der Waals surface area contributed by atoms with Gasteiger partial charge in [0.15, 0.2) is 0 Å². The summed E-state index contributed by atoms with van der Waals surface area (Å²) >= 11 is 3.23. The maximum atomic E-state index is 11.8. The van der Waals surface area contributed by atoms with Crippen molar-refractivity contribution in [3.63, 3.8) is 0 Å². The first-order valence-corrected chi connectivity index (χ1v) is 7.20. The molecule has 1 N–H and O–H groups in total. The highest BCUT2D eigenvalue weighted by molar-refractivity contribution is 9.10. The van der Waals surface area contributed by atoms with Gasteiger partial charge in [0.1, 0.15) is 0 Å². The fraction of sp³-hybridized carbons (Fsp3) is 0. The second-order valence-electron chi connectivity index (χ2n) is 4.32. The lowest BCUT2D eigenvalue weighted by Gasteiger charge is -1.98. The maximum absolute atomic E-state index is 11.8. The monoisotopic (exact) mass is 374 g/mol. The van der Waals surface area contributed by atoms with E-state index in [2.05, 4.69) is 31.4 Å². The molecule has 0 saturated heterocycles. The molecule has 2 rings (SSSR count). The molecule has 7 nitrogen and oxygen atoms in total. The van der Waals surface area contributed by atoms with E-state index in [0.717, 1.165) is 5.56 Å². The molecular formula is C15H11BrN4O3. The molecule has 0 unspecified atom stereocenters. The van der Waals surface area contributed by atoms with E-state index in [-0.39, 0.29) is 11.6 Å². The summed E-state index contributed by atoms with van der Waals surface area (Å²) in [6, 6.07) is 7.70. The SMILES string of the molecule is O=C(N/N=C\C=C\c1ccc([N+](=O)[O-])cc1)c1cncc(Br)c1. The van der Waals surface area contributed by atoms with Crippen LogP contribution >= 0.6 is 15.9 Å². The van der Waals surface area contributed by atoms with Crippen LogP contribution in [0.3, 0.4) is 0 Å². The number of nitro groups is 1. The number of nitrogens with zero attached hydrogens (tertiary/aromatic N) is 3. The molecule has 0 fully saturated rings. The molecule has 23 heavy (non-hydrogen) atoms. The predicted octanol–water partition coefficient (Wildman–Crippen LogP) is 3.18. The number of hydrazone groups is 1. The largest absolute Gasteiger partial charge is 0.272 e. The van der Waals surface area contributed by atoms with Crippen molar-refractivity contribution in [3.8, 4) is 0 Å². The first-order valence-electron chi connectivity index (χ1n) is 6.41. The average molecular weight is 375 g/mol. The van der Waals surface area contributed by atoms with Crippen molar-refractivity contribution < 1.29 is 9.72 Å². The lowest BCUT2D eigenvalue weighted by Crippen LogP contribution is -2.17. The molecule has 1 aromatic carbocycles. The molecular weight excluding hydrogens is 364 g/mol. The first-order chi connectivity index (χ1) is 11.1. The Hall–Kier alpha value is -2.87. The summed E-state index contributed by atoms with van der Waals surface area (Å²) in [7, 11) is 0. The third kappa shape index (κ3) is 5.11. The van der Waals surface area contributed by atoms with Gasteiger partial charge >= 0.3 is 0 Å². The van der Waals surface area contributed by atoms with E-state index in [4.69, 9.17) is 0 Å². The van der Waals surface area contributed by atoms with Gasteiger partial charge in [-0.05, 0) is 45.8 Å². The van der Waals surface area contributed by atoms with E-state index in [0.29, 0.717) is 10.0 Å². The topological polar surface area (TPSA) is 97.5 Å². The number of nitro benzene ring substituents is 1. The number of benzene rings is 1. The Morgan fingerprint density at radius 2 is 2.04 bits per heavy atom. The summed E-state index contributed by atoms with van der Waals surface area (Å²) < 4.78 is 0.701. The van der Waals surface area contributed by atoms with E-state index >= 15 is 0 Å². The van der Waals surface area contributed by atoms with Crippen molar-refractivity contribution in [2.75, 3.05) is 0 Å². The minimum Gasteiger partial charge on any atom is -0.267 e. The van der Waals surface area contributed by atoms with Crippen LogP contribution in [0.4, 0.5) is 5.69 Å². The summed E-state index contributed by atoms with van der Waals surface area (Å²) in [5.41, 5.74) is 3.57. The summed E-state index contributed by atoms with van der Waals surface area (Å²) in [4.78, 5) is 25.7. The number of allylic oxidation sites excluding steroid dienone is 1. The molecule has 0 aliphatic heterocycles. The maximum Gasteiger partial charge on any atom is 0.272 e. The van der Waals surface area contributed by atoms with Gasteiger partial charge in [-0.2, -0.15) is 5.10 Å². The molecule has 2 aromatic rings. The fourth-order valence-corrected chi connectivity index (χ4v) is 1.97. The van der Waals surface area contributed by atoms with Gasteiger partial charge in [-0.3, -0.25) is 19.9 Å². The molecule has 116 valence electrons. The molecule has 1 amide bonds. The van der Waals surface area contributed by atoms with Crippen LogP contribution < -0.4 is 5.43 Å². The third-order valence-electron chi connectivity index (χ3n) is 2.69. The number of hydrogen-bond acceptors (Lipinski definition) is 5. The van der Waals surface area contributed by atoms with Gasteiger partial charge in [0.25, 0.3) is 11.6 Å². The Morgan fingerprint density at radius 3 is 2.70 bits per heavy atom. The van der Waals surface area contributed by atoms with Crippen LogP contribution in [0.1, 0.15) is 15.9 Å². The van der Waals surface area contributed by atoms with Gasteiger partial charge in [0, 0.05) is 35.2 Å². The van der Waals surface area contributed by atoms with E-state index in [1.54, 1.807) is 36.5 Å². The lowest BCUT2D eigenvalue weighted by atomic mass is 10.2. The van der Waals surface area contributed by atoms with Crippen LogP contribution in [0, 0.1) is 10.1 Å². The zero-order chi connectivity index (χ0) is 16.7. The number of hydrogen-bond donors (Lipinski definition) is 1. The minimum atomic E-state index is -0.457. The molecule has 0 bridgehead atoms. The number of rotatable bonds is 5. The van der Waals surface area contributed by atoms with E-state index < -0.39 is 4.92 Å². The normalized spacial score (nSPS) is 11.0.